The number of anilines is 1. The summed E-state index contributed by atoms with van der Waals surface area (Å²) in [5.74, 6) is 5.27. The van der Waals surface area contributed by atoms with Crippen LogP contribution in [0, 0.1) is 0 Å². The van der Waals surface area contributed by atoms with E-state index in [-0.39, 0.29) is 16.9 Å². The molecule has 0 saturated carbocycles. The number of hydrazine groups is 1. The Hall–Kier alpha value is -2.04. The van der Waals surface area contributed by atoms with Gasteiger partial charge in [-0.1, -0.05) is 0 Å². The minimum absolute atomic E-state index is 0.0195. The van der Waals surface area contributed by atoms with Crippen molar-refractivity contribution in [3.05, 3.63) is 31.1 Å². The van der Waals surface area contributed by atoms with Crippen LogP contribution in [-0.4, -0.2) is 34.0 Å². The number of rotatable bonds is 6. The summed E-state index contributed by atoms with van der Waals surface area (Å²) in [7, 11) is -3.67. The third-order valence-corrected chi connectivity index (χ3v) is 4.01. The van der Waals surface area contributed by atoms with Crippen LogP contribution in [0.25, 0.3) is 0 Å². The van der Waals surface area contributed by atoms with Gasteiger partial charge >= 0.3 is 0 Å². The molecule has 1 unspecified atom stereocenters. The molecule has 2 heterocycles. The van der Waals surface area contributed by atoms with Gasteiger partial charge in [-0.3, -0.25) is 5.43 Å². The van der Waals surface area contributed by atoms with E-state index in [1.165, 1.54) is 12.4 Å². The highest BCUT2D eigenvalue weighted by Crippen LogP contribution is 2.08. The molecule has 2 aromatic rings. The molecule has 0 aliphatic heterocycles. The Morgan fingerprint density at radius 3 is 2.65 bits per heavy atom. The molecule has 0 aliphatic rings. The van der Waals surface area contributed by atoms with E-state index < -0.39 is 10.0 Å². The van der Waals surface area contributed by atoms with Crippen molar-refractivity contribution in [2.75, 3.05) is 5.43 Å². The average molecular weight is 297 g/mol. The number of nitrogen functional groups attached to an aromatic ring is 1. The zero-order valence-electron chi connectivity index (χ0n) is 10.8. The van der Waals surface area contributed by atoms with Crippen LogP contribution >= 0.6 is 0 Å². The van der Waals surface area contributed by atoms with E-state index in [4.69, 9.17) is 5.84 Å². The van der Waals surface area contributed by atoms with Crippen molar-refractivity contribution < 1.29 is 8.42 Å². The van der Waals surface area contributed by atoms with Crippen LogP contribution in [0.2, 0.25) is 0 Å². The van der Waals surface area contributed by atoms with E-state index in [0.29, 0.717) is 6.54 Å². The molecule has 2 rings (SSSR count). The Morgan fingerprint density at radius 1 is 1.40 bits per heavy atom. The molecule has 0 bridgehead atoms. The molecule has 0 spiro atoms. The highest BCUT2D eigenvalue weighted by atomic mass is 32.2. The van der Waals surface area contributed by atoms with Crippen molar-refractivity contribution in [3.63, 3.8) is 0 Å². The number of nitrogens with zero attached hydrogens (tertiary/aromatic N) is 4. The molecule has 4 N–H and O–H groups in total. The third kappa shape index (κ3) is 3.50. The highest BCUT2D eigenvalue weighted by molar-refractivity contribution is 7.89. The van der Waals surface area contributed by atoms with Crippen LogP contribution < -0.4 is 16.0 Å². The van der Waals surface area contributed by atoms with E-state index in [9.17, 15) is 8.42 Å². The number of nitrogens with one attached hydrogen (secondary N) is 2. The van der Waals surface area contributed by atoms with Gasteiger partial charge in [-0.15, -0.1) is 0 Å². The number of imidazole rings is 1. The van der Waals surface area contributed by atoms with Crippen LogP contribution in [0.15, 0.2) is 36.0 Å². The quantitative estimate of drug-likeness (QED) is 0.476. The fraction of sp³-hybridized carbons (Fsp3) is 0.300. The van der Waals surface area contributed by atoms with Crippen LogP contribution in [0.4, 0.5) is 5.95 Å². The van der Waals surface area contributed by atoms with Crippen molar-refractivity contribution in [2.45, 2.75) is 24.4 Å². The predicted octanol–water partition coefficient (Wildman–Crippen LogP) is -0.674. The topological polar surface area (TPSA) is 128 Å². The molecule has 2 aromatic heterocycles. The Bertz CT molecular complexity index is 639. The molecule has 9 nitrogen and oxygen atoms in total. The van der Waals surface area contributed by atoms with E-state index in [0.717, 1.165) is 0 Å². The second-order valence-corrected chi connectivity index (χ2v) is 5.88. The number of hydrogen-bond donors (Lipinski definition) is 3. The molecule has 0 aromatic carbocycles. The summed E-state index contributed by atoms with van der Waals surface area (Å²) in [4.78, 5) is 11.4. The van der Waals surface area contributed by atoms with Gasteiger partial charge in [-0.2, -0.15) is 0 Å². The summed E-state index contributed by atoms with van der Waals surface area (Å²) >= 11 is 0. The second kappa shape index (κ2) is 5.94. The van der Waals surface area contributed by atoms with Gasteiger partial charge in [-0.25, -0.2) is 33.9 Å². The van der Waals surface area contributed by atoms with Gasteiger partial charge in [0.25, 0.3) is 0 Å². The lowest BCUT2D eigenvalue weighted by atomic mass is 10.4. The van der Waals surface area contributed by atoms with Gasteiger partial charge in [0, 0.05) is 25.0 Å². The van der Waals surface area contributed by atoms with Gasteiger partial charge in [0.1, 0.15) is 4.90 Å². The van der Waals surface area contributed by atoms with E-state index in [2.05, 4.69) is 25.1 Å². The Labute approximate surface area is 116 Å². The first kappa shape index (κ1) is 14.4. The molecule has 20 heavy (non-hydrogen) atoms. The molecule has 0 fully saturated rings. The molecule has 0 radical (unpaired) electrons. The predicted molar refractivity (Wildman–Crippen MR) is 71.9 cm³/mol. The lowest BCUT2D eigenvalue weighted by Crippen LogP contribution is -2.35. The first-order valence-electron chi connectivity index (χ1n) is 5.78. The molecule has 10 heteroatoms. The minimum Gasteiger partial charge on any atom is -0.336 e. The maximum Gasteiger partial charge on any atom is 0.243 e. The van der Waals surface area contributed by atoms with Gasteiger partial charge in [0.2, 0.25) is 16.0 Å². The van der Waals surface area contributed by atoms with Gasteiger partial charge in [-0.05, 0) is 6.92 Å². The number of sulfonamides is 1. The first-order chi connectivity index (χ1) is 9.51. The van der Waals surface area contributed by atoms with Gasteiger partial charge in [0.15, 0.2) is 0 Å². The van der Waals surface area contributed by atoms with Crippen LogP contribution in [0.5, 0.6) is 0 Å². The molecular formula is C10H15N7O2S. The molecule has 108 valence electrons. The Kier molecular flexibility index (Phi) is 4.27. The number of hydrogen-bond acceptors (Lipinski definition) is 7. The van der Waals surface area contributed by atoms with Crippen LogP contribution in [0.1, 0.15) is 6.92 Å². The fourth-order valence-electron chi connectivity index (χ4n) is 1.61. The lowest BCUT2D eigenvalue weighted by molar-refractivity contribution is 0.520. The summed E-state index contributed by atoms with van der Waals surface area (Å²) in [5.41, 5.74) is 2.23. The number of aromatic nitrogens is 4. The minimum atomic E-state index is -3.67. The van der Waals surface area contributed by atoms with E-state index in [1.54, 1.807) is 30.2 Å². The van der Waals surface area contributed by atoms with Crippen molar-refractivity contribution in [1.82, 2.24) is 24.2 Å². The van der Waals surface area contributed by atoms with Crippen molar-refractivity contribution >= 4 is 16.0 Å². The maximum atomic E-state index is 12.1. The van der Waals surface area contributed by atoms with Crippen molar-refractivity contribution in [1.29, 1.82) is 0 Å². The number of nitrogens with two attached hydrogens (primary N) is 1. The zero-order chi connectivity index (χ0) is 14.6. The highest BCUT2D eigenvalue weighted by Gasteiger charge is 2.18. The smallest absolute Gasteiger partial charge is 0.243 e. The lowest BCUT2D eigenvalue weighted by Gasteiger charge is -2.14. The first-order valence-corrected chi connectivity index (χ1v) is 7.26. The molecule has 0 saturated heterocycles. The summed E-state index contributed by atoms with van der Waals surface area (Å²) in [6, 6.07) is -0.304. The van der Waals surface area contributed by atoms with E-state index in [1.807, 2.05) is 0 Å². The normalized spacial score (nSPS) is 13.1. The molecular weight excluding hydrogens is 282 g/mol. The van der Waals surface area contributed by atoms with Gasteiger partial charge < -0.3 is 4.57 Å². The standard InChI is InChI=1S/C10H15N7O2S/c1-8(6-17-3-2-12-7-17)16-20(18,19)9-4-13-10(15-11)14-5-9/h2-5,7-8,16H,6,11H2,1H3,(H,13,14,15). The monoisotopic (exact) mass is 297 g/mol. The molecule has 0 aliphatic carbocycles. The molecule has 0 amide bonds. The fourth-order valence-corrected chi connectivity index (χ4v) is 2.73. The Balaban J connectivity index is 2.05. The summed E-state index contributed by atoms with van der Waals surface area (Å²) in [6.45, 7) is 2.23. The largest absolute Gasteiger partial charge is 0.336 e. The molecule has 1 atom stereocenters. The Morgan fingerprint density at radius 2 is 2.10 bits per heavy atom. The summed E-state index contributed by atoms with van der Waals surface area (Å²) in [5, 5.41) is 0. The van der Waals surface area contributed by atoms with Gasteiger partial charge in [0.05, 0.1) is 18.7 Å². The van der Waals surface area contributed by atoms with Crippen molar-refractivity contribution in [3.8, 4) is 0 Å². The second-order valence-electron chi connectivity index (χ2n) is 4.17. The van der Waals surface area contributed by atoms with Crippen LogP contribution in [-0.2, 0) is 16.6 Å². The average Bonchev–Trinajstić information content (AvgIpc) is 2.91. The maximum absolute atomic E-state index is 12.1. The summed E-state index contributed by atoms with van der Waals surface area (Å²) < 4.78 is 28.5. The van der Waals surface area contributed by atoms with Crippen molar-refractivity contribution in [2.24, 2.45) is 5.84 Å². The SMILES string of the molecule is CC(Cn1ccnc1)NS(=O)(=O)c1cnc(NN)nc1. The third-order valence-electron chi connectivity index (χ3n) is 2.47. The zero-order valence-corrected chi connectivity index (χ0v) is 11.6. The van der Waals surface area contributed by atoms with E-state index >= 15 is 0 Å². The summed E-state index contributed by atoms with van der Waals surface area (Å²) in [6.07, 6.45) is 7.39. The van der Waals surface area contributed by atoms with Crippen LogP contribution in [0.3, 0.4) is 0 Å².